The van der Waals surface area contributed by atoms with Crippen LogP contribution < -0.4 is 4.74 Å². The Morgan fingerprint density at radius 1 is 1.18 bits per heavy atom. The van der Waals surface area contributed by atoms with E-state index >= 15 is 0 Å². The van der Waals surface area contributed by atoms with Crippen LogP contribution in [0.4, 0.5) is 4.39 Å². The summed E-state index contributed by atoms with van der Waals surface area (Å²) in [6.45, 7) is 6.15. The van der Waals surface area contributed by atoms with Crippen molar-refractivity contribution < 1.29 is 13.9 Å². The van der Waals surface area contributed by atoms with Gasteiger partial charge in [0.1, 0.15) is 11.6 Å². The third kappa shape index (κ3) is 4.87. The highest BCUT2D eigenvalue weighted by atomic mass is 19.1. The zero-order valence-corrected chi connectivity index (χ0v) is 16.1. The monoisotopic (exact) mass is 381 g/mol. The van der Waals surface area contributed by atoms with Crippen molar-refractivity contribution >= 4 is 5.91 Å². The van der Waals surface area contributed by atoms with E-state index in [0.29, 0.717) is 17.9 Å². The molecule has 0 radical (unpaired) electrons. The van der Waals surface area contributed by atoms with Crippen LogP contribution in [-0.2, 0) is 11.3 Å². The average molecular weight is 381 g/mol. The van der Waals surface area contributed by atoms with E-state index in [9.17, 15) is 9.18 Å². The Morgan fingerprint density at radius 2 is 1.93 bits per heavy atom. The number of carbonyl (C=O) groups excluding carboxylic acids is 1. The molecule has 1 heterocycles. The van der Waals surface area contributed by atoms with E-state index in [1.807, 2.05) is 11.8 Å². The zero-order chi connectivity index (χ0) is 20.1. The summed E-state index contributed by atoms with van der Waals surface area (Å²) in [4.78, 5) is 16.8. The number of amides is 1. The fraction of sp³-hybridized carbons (Fsp3) is 0.364. The Morgan fingerprint density at radius 3 is 2.64 bits per heavy atom. The van der Waals surface area contributed by atoms with Crippen LogP contribution in [0.2, 0.25) is 0 Å². The van der Waals surface area contributed by atoms with Gasteiger partial charge in [0.05, 0.1) is 11.6 Å². The fourth-order valence-electron chi connectivity index (χ4n) is 3.47. The van der Waals surface area contributed by atoms with Crippen molar-refractivity contribution in [2.75, 3.05) is 19.7 Å². The maximum atomic E-state index is 13.1. The van der Waals surface area contributed by atoms with Gasteiger partial charge in [-0.2, -0.15) is 5.26 Å². The van der Waals surface area contributed by atoms with Crippen molar-refractivity contribution in [2.45, 2.75) is 32.5 Å². The highest BCUT2D eigenvalue weighted by molar-refractivity contribution is 5.78. The molecule has 1 aliphatic rings. The standard InChI is InChI=1S/C22H24FN3O2/c1-16-13-26(22(27)15-28-21-5-3-4-19(10-21)11-24)17(2)12-25(16)14-18-6-8-20(23)9-7-18/h3-10,16-17H,12-15H2,1-2H3/t16-,17+/m1/s1. The number of rotatable bonds is 5. The molecule has 0 bridgehead atoms. The number of hydrogen-bond acceptors (Lipinski definition) is 4. The second-order valence-electron chi connectivity index (χ2n) is 7.23. The van der Waals surface area contributed by atoms with Crippen LogP contribution in [0.1, 0.15) is 25.0 Å². The molecule has 28 heavy (non-hydrogen) atoms. The van der Waals surface area contributed by atoms with Gasteiger partial charge in [0.2, 0.25) is 0 Å². The Kier molecular flexibility index (Phi) is 6.27. The third-order valence-electron chi connectivity index (χ3n) is 5.06. The summed E-state index contributed by atoms with van der Waals surface area (Å²) >= 11 is 0. The van der Waals surface area contributed by atoms with Crippen LogP contribution >= 0.6 is 0 Å². The molecule has 0 N–H and O–H groups in total. The van der Waals surface area contributed by atoms with Crippen LogP contribution in [-0.4, -0.2) is 47.5 Å². The van der Waals surface area contributed by atoms with E-state index in [1.54, 1.807) is 36.4 Å². The van der Waals surface area contributed by atoms with Crippen molar-refractivity contribution in [3.05, 3.63) is 65.5 Å². The Labute approximate surface area is 164 Å². The summed E-state index contributed by atoms with van der Waals surface area (Å²) in [7, 11) is 0. The van der Waals surface area contributed by atoms with Crippen LogP contribution in [0.5, 0.6) is 5.75 Å². The molecule has 1 aliphatic heterocycles. The molecule has 5 nitrogen and oxygen atoms in total. The van der Waals surface area contributed by atoms with Crippen molar-refractivity contribution in [2.24, 2.45) is 0 Å². The molecule has 2 aromatic carbocycles. The summed E-state index contributed by atoms with van der Waals surface area (Å²) in [5, 5.41) is 8.95. The Balaban J connectivity index is 1.56. The lowest BCUT2D eigenvalue weighted by atomic mass is 10.1. The predicted octanol–water partition coefficient (Wildman–Crippen LogP) is 3.20. The lowest BCUT2D eigenvalue weighted by Gasteiger charge is -2.44. The first kappa shape index (κ1) is 19.8. The smallest absolute Gasteiger partial charge is 0.260 e. The first-order valence-electron chi connectivity index (χ1n) is 9.37. The van der Waals surface area contributed by atoms with Crippen LogP contribution in [0.15, 0.2) is 48.5 Å². The van der Waals surface area contributed by atoms with Crippen molar-refractivity contribution in [1.82, 2.24) is 9.80 Å². The minimum absolute atomic E-state index is 0.0517. The maximum absolute atomic E-state index is 13.1. The highest BCUT2D eigenvalue weighted by Crippen LogP contribution is 2.19. The first-order chi connectivity index (χ1) is 13.5. The van der Waals surface area contributed by atoms with Gasteiger partial charge in [0, 0.05) is 31.7 Å². The van der Waals surface area contributed by atoms with Gasteiger partial charge in [0.25, 0.3) is 5.91 Å². The number of ether oxygens (including phenoxy) is 1. The lowest BCUT2D eigenvalue weighted by molar-refractivity contribution is -0.139. The molecule has 0 spiro atoms. The number of hydrogen-bond donors (Lipinski definition) is 0. The molecule has 2 aromatic rings. The Hall–Kier alpha value is -2.91. The predicted molar refractivity (Wildman–Crippen MR) is 104 cm³/mol. The first-order valence-corrected chi connectivity index (χ1v) is 9.37. The molecule has 1 amide bonds. The van der Waals surface area contributed by atoms with E-state index in [-0.39, 0.29) is 30.4 Å². The van der Waals surface area contributed by atoms with Crippen molar-refractivity contribution in [3.63, 3.8) is 0 Å². The van der Waals surface area contributed by atoms with E-state index in [1.165, 1.54) is 12.1 Å². The Bertz CT molecular complexity index is 863. The zero-order valence-electron chi connectivity index (χ0n) is 16.1. The van der Waals surface area contributed by atoms with Crippen LogP contribution in [0.3, 0.4) is 0 Å². The SMILES string of the molecule is C[C@@H]1CN(C(=O)COc2cccc(C#N)c2)[C@@H](C)CN1Cc1ccc(F)cc1. The molecular weight excluding hydrogens is 357 g/mol. The van der Waals surface area contributed by atoms with Crippen LogP contribution in [0.25, 0.3) is 0 Å². The van der Waals surface area contributed by atoms with Crippen molar-refractivity contribution in [3.8, 4) is 11.8 Å². The minimum atomic E-state index is -0.235. The summed E-state index contributed by atoms with van der Waals surface area (Å²) < 4.78 is 18.7. The highest BCUT2D eigenvalue weighted by Gasteiger charge is 2.32. The quantitative estimate of drug-likeness (QED) is 0.798. The van der Waals surface area contributed by atoms with Gasteiger partial charge in [-0.3, -0.25) is 9.69 Å². The normalized spacial score (nSPS) is 19.9. The van der Waals surface area contributed by atoms with Gasteiger partial charge >= 0.3 is 0 Å². The lowest BCUT2D eigenvalue weighted by Crippen LogP contribution is -2.58. The maximum Gasteiger partial charge on any atom is 0.260 e. The van der Waals surface area contributed by atoms with E-state index in [2.05, 4.69) is 17.9 Å². The van der Waals surface area contributed by atoms with Gasteiger partial charge in [-0.25, -0.2) is 4.39 Å². The summed E-state index contributed by atoms with van der Waals surface area (Å²) in [6.07, 6.45) is 0. The molecule has 2 atom stereocenters. The average Bonchev–Trinajstić information content (AvgIpc) is 2.70. The van der Waals surface area contributed by atoms with Crippen molar-refractivity contribution in [1.29, 1.82) is 5.26 Å². The van der Waals surface area contributed by atoms with Gasteiger partial charge in [-0.1, -0.05) is 18.2 Å². The fourth-order valence-corrected chi connectivity index (χ4v) is 3.47. The largest absolute Gasteiger partial charge is 0.484 e. The number of nitriles is 1. The van der Waals surface area contributed by atoms with E-state index in [0.717, 1.165) is 18.7 Å². The second kappa shape index (κ2) is 8.85. The minimum Gasteiger partial charge on any atom is -0.484 e. The third-order valence-corrected chi connectivity index (χ3v) is 5.06. The topological polar surface area (TPSA) is 56.6 Å². The van der Waals surface area contributed by atoms with E-state index < -0.39 is 0 Å². The van der Waals surface area contributed by atoms with Crippen LogP contribution in [0, 0.1) is 17.1 Å². The van der Waals surface area contributed by atoms with E-state index in [4.69, 9.17) is 10.00 Å². The van der Waals surface area contributed by atoms with Gasteiger partial charge < -0.3 is 9.64 Å². The molecule has 0 unspecified atom stereocenters. The van der Waals surface area contributed by atoms with Gasteiger partial charge in [-0.05, 0) is 49.7 Å². The van der Waals surface area contributed by atoms with Gasteiger partial charge in [-0.15, -0.1) is 0 Å². The number of piperazine rings is 1. The summed E-state index contributed by atoms with van der Waals surface area (Å²) in [6, 6.07) is 15.6. The number of nitrogens with zero attached hydrogens (tertiary/aromatic N) is 3. The number of carbonyl (C=O) groups is 1. The molecule has 0 aliphatic carbocycles. The number of halogens is 1. The van der Waals surface area contributed by atoms with Gasteiger partial charge in [0.15, 0.2) is 6.61 Å². The second-order valence-corrected chi connectivity index (χ2v) is 7.23. The number of benzene rings is 2. The molecule has 3 rings (SSSR count). The summed E-state index contributed by atoms with van der Waals surface area (Å²) in [5.74, 6) is 0.215. The molecular formula is C22H24FN3O2. The molecule has 6 heteroatoms. The molecule has 0 saturated carbocycles. The molecule has 1 fully saturated rings. The summed E-state index contributed by atoms with van der Waals surface area (Å²) in [5.41, 5.74) is 1.56. The molecule has 146 valence electrons. The molecule has 0 aromatic heterocycles. The molecule has 1 saturated heterocycles.